The number of nitrogens with two attached hydrogens (primary N) is 1. The number of benzene rings is 1. The summed E-state index contributed by atoms with van der Waals surface area (Å²) in [5.74, 6) is -0.0974. The minimum atomic E-state index is -0.883. The fourth-order valence-electron chi connectivity index (χ4n) is 1.26. The molecule has 1 aromatic carbocycles. The highest BCUT2D eigenvalue weighted by Crippen LogP contribution is 2.28. The van der Waals surface area contributed by atoms with Gasteiger partial charge in [0.1, 0.15) is 5.75 Å². The van der Waals surface area contributed by atoms with Crippen molar-refractivity contribution in [3.05, 3.63) is 23.8 Å². The first-order valence-electron chi connectivity index (χ1n) is 4.81. The molecule has 4 nitrogen and oxygen atoms in total. The highest BCUT2D eigenvalue weighted by atomic mass is 32.2. The SMILES string of the molecule is COc1ccc(SC(N)CC(=O)O)c(C)c1. The van der Waals surface area contributed by atoms with Crippen molar-refractivity contribution in [3.63, 3.8) is 0 Å². The molecule has 1 atom stereocenters. The van der Waals surface area contributed by atoms with Gasteiger partial charge in [0.2, 0.25) is 0 Å². The lowest BCUT2D eigenvalue weighted by Crippen LogP contribution is -2.19. The number of aryl methyl sites for hydroxylation is 1. The van der Waals surface area contributed by atoms with Crippen LogP contribution >= 0.6 is 11.8 Å². The van der Waals surface area contributed by atoms with E-state index in [-0.39, 0.29) is 6.42 Å². The molecule has 1 rings (SSSR count). The molecule has 16 heavy (non-hydrogen) atoms. The number of carbonyl (C=O) groups is 1. The highest BCUT2D eigenvalue weighted by Gasteiger charge is 2.11. The van der Waals surface area contributed by atoms with Crippen LogP contribution in [-0.4, -0.2) is 23.6 Å². The molecule has 0 amide bonds. The van der Waals surface area contributed by atoms with Crippen molar-refractivity contribution in [1.29, 1.82) is 0 Å². The van der Waals surface area contributed by atoms with Crippen molar-refractivity contribution in [2.24, 2.45) is 5.73 Å². The molecule has 0 fully saturated rings. The van der Waals surface area contributed by atoms with E-state index in [1.807, 2.05) is 25.1 Å². The topological polar surface area (TPSA) is 72.5 Å². The van der Waals surface area contributed by atoms with Crippen LogP contribution in [0.15, 0.2) is 23.1 Å². The quantitative estimate of drug-likeness (QED) is 0.608. The summed E-state index contributed by atoms with van der Waals surface area (Å²) < 4.78 is 5.08. The second kappa shape index (κ2) is 5.77. The maximum Gasteiger partial charge on any atom is 0.305 e. The van der Waals surface area contributed by atoms with Gasteiger partial charge in [-0.05, 0) is 30.7 Å². The van der Waals surface area contributed by atoms with Crippen LogP contribution in [0, 0.1) is 6.92 Å². The molecule has 0 saturated heterocycles. The summed E-state index contributed by atoms with van der Waals surface area (Å²) in [4.78, 5) is 11.5. The van der Waals surface area contributed by atoms with Gasteiger partial charge < -0.3 is 15.6 Å². The van der Waals surface area contributed by atoms with Gasteiger partial charge in [-0.2, -0.15) is 0 Å². The summed E-state index contributed by atoms with van der Waals surface area (Å²) in [6.45, 7) is 1.94. The van der Waals surface area contributed by atoms with Crippen LogP contribution in [0.2, 0.25) is 0 Å². The van der Waals surface area contributed by atoms with E-state index in [0.29, 0.717) is 0 Å². The minimum absolute atomic E-state index is 0.0455. The number of carboxylic acids is 1. The lowest BCUT2D eigenvalue weighted by Gasteiger charge is -2.11. The molecule has 0 heterocycles. The van der Waals surface area contributed by atoms with Crippen LogP contribution in [0.3, 0.4) is 0 Å². The molecule has 0 aromatic heterocycles. The third-order valence-electron chi connectivity index (χ3n) is 2.04. The Bertz CT molecular complexity index is 381. The van der Waals surface area contributed by atoms with Gasteiger partial charge in [0.05, 0.1) is 18.9 Å². The molecule has 88 valence electrons. The molecule has 1 aromatic rings. The number of thioether (sulfide) groups is 1. The first-order chi connectivity index (χ1) is 7.52. The Balaban J connectivity index is 2.70. The minimum Gasteiger partial charge on any atom is -0.497 e. The predicted molar refractivity (Wildman–Crippen MR) is 63.8 cm³/mol. The molecular weight excluding hydrogens is 226 g/mol. The first kappa shape index (κ1) is 12.9. The normalized spacial score (nSPS) is 12.2. The molecule has 0 spiro atoms. The number of carboxylic acid groups (broad SMARTS) is 1. The van der Waals surface area contributed by atoms with Gasteiger partial charge in [-0.3, -0.25) is 4.79 Å². The molecular formula is C11H15NO3S. The zero-order valence-corrected chi connectivity index (χ0v) is 10.1. The largest absolute Gasteiger partial charge is 0.497 e. The van der Waals surface area contributed by atoms with E-state index in [1.54, 1.807) is 7.11 Å². The Hall–Kier alpha value is -1.20. The Labute approximate surface area is 98.8 Å². The van der Waals surface area contributed by atoms with Gasteiger partial charge in [0.25, 0.3) is 0 Å². The Kier molecular flexibility index (Phi) is 4.64. The van der Waals surface area contributed by atoms with E-state index < -0.39 is 11.3 Å². The van der Waals surface area contributed by atoms with Crippen molar-refractivity contribution >= 4 is 17.7 Å². The molecule has 1 unspecified atom stereocenters. The van der Waals surface area contributed by atoms with E-state index in [0.717, 1.165) is 16.2 Å². The van der Waals surface area contributed by atoms with Crippen molar-refractivity contribution < 1.29 is 14.6 Å². The summed E-state index contributed by atoms with van der Waals surface area (Å²) >= 11 is 1.36. The fraction of sp³-hybridized carbons (Fsp3) is 0.364. The van der Waals surface area contributed by atoms with Gasteiger partial charge in [-0.25, -0.2) is 0 Å². The Morgan fingerprint density at radius 3 is 2.81 bits per heavy atom. The summed E-state index contributed by atoms with van der Waals surface area (Å²) in [7, 11) is 1.61. The zero-order chi connectivity index (χ0) is 12.1. The Morgan fingerprint density at radius 2 is 2.31 bits per heavy atom. The molecule has 0 aliphatic carbocycles. The lowest BCUT2D eigenvalue weighted by molar-refractivity contribution is -0.136. The molecule has 0 saturated carbocycles. The van der Waals surface area contributed by atoms with Gasteiger partial charge in [0.15, 0.2) is 0 Å². The molecule has 0 bridgehead atoms. The fourth-order valence-corrected chi connectivity index (χ4v) is 2.20. The third kappa shape index (κ3) is 3.75. The number of methoxy groups -OCH3 is 1. The number of rotatable bonds is 5. The molecule has 5 heteroatoms. The maximum atomic E-state index is 10.5. The van der Waals surface area contributed by atoms with Gasteiger partial charge >= 0.3 is 5.97 Å². The van der Waals surface area contributed by atoms with E-state index in [1.165, 1.54) is 11.8 Å². The van der Waals surface area contributed by atoms with Crippen molar-refractivity contribution in [2.45, 2.75) is 23.6 Å². The standard InChI is InChI=1S/C11H15NO3S/c1-7-5-8(15-2)3-4-9(7)16-10(12)6-11(13)14/h3-5,10H,6,12H2,1-2H3,(H,13,14). The van der Waals surface area contributed by atoms with Gasteiger partial charge in [0, 0.05) is 4.90 Å². The highest BCUT2D eigenvalue weighted by molar-refractivity contribution is 8.00. The van der Waals surface area contributed by atoms with Crippen LogP contribution in [0.1, 0.15) is 12.0 Å². The number of aliphatic carboxylic acids is 1. The molecule has 0 aliphatic heterocycles. The van der Waals surface area contributed by atoms with Crippen molar-refractivity contribution in [1.82, 2.24) is 0 Å². The predicted octanol–water partition coefficient (Wildman–Crippen LogP) is 1.86. The second-order valence-corrected chi connectivity index (χ2v) is 4.67. The zero-order valence-electron chi connectivity index (χ0n) is 9.27. The average Bonchev–Trinajstić information content (AvgIpc) is 2.19. The monoisotopic (exact) mass is 241 g/mol. The van der Waals surface area contributed by atoms with Crippen LogP contribution in [0.25, 0.3) is 0 Å². The van der Waals surface area contributed by atoms with Gasteiger partial charge in [-0.15, -0.1) is 11.8 Å². The lowest BCUT2D eigenvalue weighted by atomic mass is 10.2. The summed E-state index contributed by atoms with van der Waals surface area (Å²) in [6, 6.07) is 5.62. The maximum absolute atomic E-state index is 10.5. The smallest absolute Gasteiger partial charge is 0.305 e. The molecule has 0 radical (unpaired) electrons. The number of hydrogen-bond donors (Lipinski definition) is 2. The third-order valence-corrected chi connectivity index (χ3v) is 3.22. The summed E-state index contributed by atoms with van der Waals surface area (Å²) in [5, 5.41) is 8.17. The summed E-state index contributed by atoms with van der Waals surface area (Å²) in [5.41, 5.74) is 6.73. The average molecular weight is 241 g/mol. The van der Waals surface area contributed by atoms with Crippen molar-refractivity contribution in [3.8, 4) is 5.75 Å². The van der Waals surface area contributed by atoms with Crippen LogP contribution < -0.4 is 10.5 Å². The van der Waals surface area contributed by atoms with Crippen LogP contribution in [-0.2, 0) is 4.79 Å². The van der Waals surface area contributed by atoms with E-state index in [9.17, 15) is 4.79 Å². The first-order valence-corrected chi connectivity index (χ1v) is 5.69. The van der Waals surface area contributed by atoms with E-state index in [2.05, 4.69) is 0 Å². The second-order valence-electron chi connectivity index (χ2n) is 3.39. The number of ether oxygens (including phenoxy) is 1. The van der Waals surface area contributed by atoms with Crippen LogP contribution in [0.5, 0.6) is 5.75 Å². The van der Waals surface area contributed by atoms with Gasteiger partial charge in [-0.1, -0.05) is 0 Å². The number of hydrogen-bond acceptors (Lipinski definition) is 4. The summed E-state index contributed by atoms with van der Waals surface area (Å²) in [6.07, 6.45) is -0.0455. The van der Waals surface area contributed by atoms with Crippen LogP contribution in [0.4, 0.5) is 0 Å². The molecule has 0 aliphatic rings. The Morgan fingerprint density at radius 1 is 1.62 bits per heavy atom. The van der Waals surface area contributed by atoms with E-state index >= 15 is 0 Å². The van der Waals surface area contributed by atoms with Crippen molar-refractivity contribution in [2.75, 3.05) is 7.11 Å². The molecule has 3 N–H and O–H groups in total. The van der Waals surface area contributed by atoms with E-state index in [4.69, 9.17) is 15.6 Å².